The van der Waals surface area contributed by atoms with Crippen molar-refractivity contribution in [2.45, 2.75) is 18.9 Å². The lowest BCUT2D eigenvalue weighted by atomic mass is 9.88. The van der Waals surface area contributed by atoms with E-state index < -0.39 is 0 Å². The second-order valence-corrected chi connectivity index (χ2v) is 8.17. The third-order valence-electron chi connectivity index (χ3n) is 5.90. The first-order valence-electron chi connectivity index (χ1n) is 11.2. The van der Waals surface area contributed by atoms with Crippen LogP contribution in [0.4, 0.5) is 5.69 Å². The summed E-state index contributed by atoms with van der Waals surface area (Å²) in [4.78, 5) is 24.0. The Labute approximate surface area is 198 Å². The number of benzene rings is 3. The van der Waals surface area contributed by atoms with E-state index in [1.54, 1.807) is 19.2 Å². The maximum Gasteiger partial charge on any atom is 0.270 e. The molecule has 1 unspecified atom stereocenters. The molecule has 0 aliphatic heterocycles. The van der Waals surface area contributed by atoms with Crippen LogP contribution in [-0.2, 0) is 16.1 Å². The number of aromatic nitrogens is 1. The first kappa shape index (κ1) is 23.2. The number of methoxy groups -OCH3 is 1. The number of nitrogens with zero attached hydrogens (tertiary/aromatic N) is 2. The van der Waals surface area contributed by atoms with Gasteiger partial charge in [0.2, 0.25) is 5.91 Å². The molecule has 4 aromatic rings. The Bertz CT molecular complexity index is 1270. The predicted octanol–water partition coefficient (Wildman–Crippen LogP) is 4.88. The first-order chi connectivity index (χ1) is 16.6. The highest BCUT2D eigenvalue weighted by molar-refractivity contribution is 5.88. The minimum absolute atomic E-state index is 0.0302. The van der Waals surface area contributed by atoms with Crippen LogP contribution in [0.15, 0.2) is 85.1 Å². The number of ether oxygens (including phenoxy) is 1. The zero-order valence-electron chi connectivity index (χ0n) is 19.0. The lowest BCUT2D eigenvalue weighted by Gasteiger charge is -2.17. The molecule has 0 radical (unpaired) electrons. The van der Waals surface area contributed by atoms with E-state index in [0.29, 0.717) is 19.7 Å². The monoisotopic (exact) mass is 457 g/mol. The van der Waals surface area contributed by atoms with Crippen molar-refractivity contribution >= 4 is 22.5 Å². The number of hydrogen-bond donors (Lipinski definition) is 1. The Kier molecular flexibility index (Phi) is 7.34. The van der Waals surface area contributed by atoms with Gasteiger partial charge in [0, 0.05) is 61.8 Å². The van der Waals surface area contributed by atoms with Gasteiger partial charge < -0.3 is 14.6 Å². The van der Waals surface area contributed by atoms with Crippen LogP contribution in [0.2, 0.25) is 0 Å². The van der Waals surface area contributed by atoms with Crippen LogP contribution >= 0.6 is 0 Å². The van der Waals surface area contributed by atoms with Crippen LogP contribution in [-0.4, -0.2) is 35.7 Å². The van der Waals surface area contributed by atoms with Gasteiger partial charge in [0.25, 0.3) is 5.69 Å². The minimum atomic E-state index is -0.382. The number of carbonyl (C=O) groups excluding carboxylic acids is 1. The SMILES string of the molecule is COCCNC(=O)CC(c1ccccc1)c1cn(Cc2ccccc2)c2ccc([N+](=O)[O-])cc12. The maximum atomic E-state index is 12.8. The largest absolute Gasteiger partial charge is 0.383 e. The average molecular weight is 458 g/mol. The van der Waals surface area contributed by atoms with E-state index >= 15 is 0 Å². The summed E-state index contributed by atoms with van der Waals surface area (Å²) in [6.07, 6.45) is 2.25. The van der Waals surface area contributed by atoms with E-state index in [9.17, 15) is 14.9 Å². The molecular formula is C27H27N3O4. The molecule has 0 aliphatic rings. The number of nitrogens with one attached hydrogen (secondary N) is 1. The average Bonchev–Trinajstić information content (AvgIpc) is 3.21. The van der Waals surface area contributed by atoms with E-state index in [-0.39, 0.29) is 28.9 Å². The molecule has 0 spiro atoms. The van der Waals surface area contributed by atoms with Gasteiger partial charge in [0.15, 0.2) is 0 Å². The summed E-state index contributed by atoms with van der Waals surface area (Å²) in [6.45, 7) is 1.49. The fourth-order valence-electron chi connectivity index (χ4n) is 4.26. The van der Waals surface area contributed by atoms with Gasteiger partial charge in [-0.3, -0.25) is 14.9 Å². The van der Waals surface area contributed by atoms with Crippen molar-refractivity contribution < 1.29 is 14.5 Å². The van der Waals surface area contributed by atoms with Crippen LogP contribution in [0.3, 0.4) is 0 Å². The van der Waals surface area contributed by atoms with Gasteiger partial charge in [-0.05, 0) is 22.8 Å². The molecule has 174 valence electrons. The Morgan fingerprint density at radius 1 is 1.06 bits per heavy atom. The predicted molar refractivity (Wildman–Crippen MR) is 132 cm³/mol. The Morgan fingerprint density at radius 2 is 1.76 bits per heavy atom. The lowest BCUT2D eigenvalue weighted by Crippen LogP contribution is -2.28. The molecule has 1 amide bonds. The summed E-state index contributed by atoms with van der Waals surface area (Å²) >= 11 is 0. The third-order valence-corrected chi connectivity index (χ3v) is 5.90. The van der Waals surface area contributed by atoms with Crippen LogP contribution in [0, 0.1) is 10.1 Å². The molecule has 0 saturated carbocycles. The van der Waals surface area contributed by atoms with E-state index in [1.807, 2.05) is 54.7 Å². The van der Waals surface area contributed by atoms with Crippen molar-refractivity contribution in [1.82, 2.24) is 9.88 Å². The highest BCUT2D eigenvalue weighted by Gasteiger charge is 2.24. The van der Waals surface area contributed by atoms with Crippen LogP contribution in [0.1, 0.15) is 29.0 Å². The van der Waals surface area contributed by atoms with E-state index in [1.165, 1.54) is 6.07 Å². The lowest BCUT2D eigenvalue weighted by molar-refractivity contribution is -0.384. The molecule has 4 rings (SSSR count). The number of non-ortho nitro benzene ring substituents is 1. The molecule has 7 heteroatoms. The van der Waals surface area contributed by atoms with Crippen molar-refractivity contribution in [2.75, 3.05) is 20.3 Å². The highest BCUT2D eigenvalue weighted by atomic mass is 16.6. The number of fused-ring (bicyclic) bond motifs is 1. The van der Waals surface area contributed by atoms with Crippen LogP contribution in [0.5, 0.6) is 0 Å². The van der Waals surface area contributed by atoms with Crippen molar-refractivity contribution in [3.05, 3.63) is 112 Å². The molecule has 7 nitrogen and oxygen atoms in total. The number of nitro groups is 1. The van der Waals surface area contributed by atoms with E-state index in [4.69, 9.17) is 4.74 Å². The second kappa shape index (κ2) is 10.8. The van der Waals surface area contributed by atoms with Crippen molar-refractivity contribution in [1.29, 1.82) is 0 Å². The third kappa shape index (κ3) is 5.32. The normalized spacial score (nSPS) is 11.9. The van der Waals surface area contributed by atoms with Crippen LogP contribution < -0.4 is 5.32 Å². The second-order valence-electron chi connectivity index (χ2n) is 8.17. The molecule has 1 atom stereocenters. The molecule has 1 aromatic heterocycles. The standard InChI is InChI=1S/C27H27N3O4/c1-34-15-14-28-27(31)17-23(21-10-6-3-7-11-21)25-19-29(18-20-8-4-2-5-9-20)26-13-12-22(30(32)33)16-24(25)26/h2-13,16,19,23H,14-15,17-18H2,1H3,(H,28,31). The van der Waals surface area contributed by atoms with Crippen LogP contribution in [0.25, 0.3) is 10.9 Å². The quantitative estimate of drug-likeness (QED) is 0.209. The topological polar surface area (TPSA) is 86.4 Å². The Balaban J connectivity index is 1.80. The Morgan fingerprint density at radius 3 is 2.44 bits per heavy atom. The fourth-order valence-corrected chi connectivity index (χ4v) is 4.26. The van der Waals surface area contributed by atoms with E-state index in [2.05, 4.69) is 22.0 Å². The van der Waals surface area contributed by atoms with Gasteiger partial charge in [-0.1, -0.05) is 60.7 Å². The summed E-state index contributed by atoms with van der Waals surface area (Å²) in [7, 11) is 1.59. The highest BCUT2D eigenvalue weighted by Crippen LogP contribution is 2.36. The van der Waals surface area contributed by atoms with Gasteiger partial charge in [0.05, 0.1) is 11.5 Å². The van der Waals surface area contributed by atoms with Gasteiger partial charge in [-0.2, -0.15) is 0 Å². The molecular weight excluding hydrogens is 430 g/mol. The van der Waals surface area contributed by atoms with Gasteiger partial charge >= 0.3 is 0 Å². The number of nitro benzene ring substituents is 1. The molecule has 0 saturated heterocycles. The van der Waals surface area contributed by atoms with Crippen molar-refractivity contribution in [3.8, 4) is 0 Å². The number of amides is 1. The first-order valence-corrected chi connectivity index (χ1v) is 11.2. The van der Waals surface area contributed by atoms with Gasteiger partial charge in [-0.25, -0.2) is 0 Å². The maximum absolute atomic E-state index is 12.8. The van der Waals surface area contributed by atoms with Crippen molar-refractivity contribution in [3.63, 3.8) is 0 Å². The molecule has 1 N–H and O–H groups in total. The molecule has 3 aromatic carbocycles. The number of hydrogen-bond acceptors (Lipinski definition) is 4. The summed E-state index contributed by atoms with van der Waals surface area (Å²) in [5, 5.41) is 15.2. The molecule has 0 bridgehead atoms. The molecule has 0 aliphatic carbocycles. The number of rotatable bonds is 10. The Hall–Kier alpha value is -3.97. The number of carbonyl (C=O) groups is 1. The van der Waals surface area contributed by atoms with Crippen molar-refractivity contribution in [2.24, 2.45) is 0 Å². The summed E-state index contributed by atoms with van der Waals surface area (Å²) in [5.74, 6) is -0.356. The zero-order valence-corrected chi connectivity index (χ0v) is 19.0. The van der Waals surface area contributed by atoms with E-state index in [0.717, 1.165) is 27.6 Å². The smallest absolute Gasteiger partial charge is 0.270 e. The molecule has 0 fully saturated rings. The summed E-state index contributed by atoms with van der Waals surface area (Å²) in [6, 6.07) is 24.8. The zero-order chi connectivity index (χ0) is 23.9. The summed E-state index contributed by atoms with van der Waals surface area (Å²) in [5.41, 5.74) is 3.92. The van der Waals surface area contributed by atoms with Gasteiger partial charge in [-0.15, -0.1) is 0 Å². The molecule has 34 heavy (non-hydrogen) atoms. The summed E-state index contributed by atoms with van der Waals surface area (Å²) < 4.78 is 7.14. The minimum Gasteiger partial charge on any atom is -0.383 e. The molecule has 1 heterocycles. The van der Waals surface area contributed by atoms with Gasteiger partial charge in [0.1, 0.15) is 0 Å². The fraction of sp³-hybridized carbons (Fsp3) is 0.222.